The van der Waals surface area contributed by atoms with Gasteiger partial charge < -0.3 is 5.32 Å². The molecule has 1 atom stereocenters. The van der Waals surface area contributed by atoms with E-state index in [9.17, 15) is 18.4 Å². The zero-order valence-electron chi connectivity index (χ0n) is 24.4. The summed E-state index contributed by atoms with van der Waals surface area (Å²) in [6.45, 7) is 10.2. The summed E-state index contributed by atoms with van der Waals surface area (Å²) in [5, 5.41) is 7.69. The number of nitrogens with one attached hydrogen (secondary N) is 1. The number of aryl methyl sites for hydroxylation is 1. The third-order valence-electron chi connectivity index (χ3n) is 7.48. The lowest BCUT2D eigenvalue weighted by molar-refractivity contribution is -0.123. The number of rotatable bonds is 6. The van der Waals surface area contributed by atoms with Crippen LogP contribution in [0, 0.1) is 25.5 Å². The molecule has 0 bridgehead atoms. The summed E-state index contributed by atoms with van der Waals surface area (Å²) in [4.78, 5) is 28.7. The van der Waals surface area contributed by atoms with Gasteiger partial charge in [-0.3, -0.25) is 14.5 Å². The third kappa shape index (κ3) is 5.97. The molecule has 0 radical (unpaired) electrons. The first-order valence-corrected chi connectivity index (χ1v) is 14.9. The number of aromatic nitrogens is 2. The normalized spacial score (nSPS) is 15.4. The van der Waals surface area contributed by atoms with E-state index < -0.39 is 5.41 Å². The van der Waals surface area contributed by atoms with Gasteiger partial charge in [0.15, 0.2) is 0 Å². The number of amides is 2. The molecule has 218 valence electrons. The van der Waals surface area contributed by atoms with Crippen molar-refractivity contribution >= 4 is 29.4 Å². The van der Waals surface area contributed by atoms with Crippen LogP contribution in [0.2, 0.25) is 0 Å². The van der Waals surface area contributed by atoms with E-state index in [1.54, 1.807) is 28.9 Å². The summed E-state index contributed by atoms with van der Waals surface area (Å²) in [6, 6.07) is 18.2. The molecular formula is C33H34F2N4O2S. The first-order valence-electron chi connectivity index (χ1n) is 13.8. The Bertz CT molecular complexity index is 1630. The molecule has 0 spiro atoms. The molecule has 1 aliphatic heterocycles. The largest absolute Gasteiger partial charge is 0.350 e. The molecule has 6 nitrogen and oxygen atoms in total. The Kier molecular flexibility index (Phi) is 8.23. The maximum Gasteiger partial charge on any atom is 0.240 e. The van der Waals surface area contributed by atoms with Crippen LogP contribution in [0.25, 0.3) is 5.69 Å². The minimum atomic E-state index is -0.407. The van der Waals surface area contributed by atoms with Gasteiger partial charge in [0.25, 0.3) is 0 Å². The van der Waals surface area contributed by atoms with Crippen LogP contribution in [0.15, 0.2) is 66.7 Å². The summed E-state index contributed by atoms with van der Waals surface area (Å²) < 4.78 is 29.1. The molecule has 1 N–H and O–H groups in total. The minimum absolute atomic E-state index is 0.123. The molecular weight excluding hydrogens is 554 g/mol. The molecule has 0 saturated heterocycles. The van der Waals surface area contributed by atoms with E-state index in [2.05, 4.69) is 26.1 Å². The second-order valence-corrected chi connectivity index (χ2v) is 12.7. The molecule has 1 aliphatic rings. The Morgan fingerprint density at radius 3 is 2.29 bits per heavy atom. The molecule has 0 fully saturated rings. The van der Waals surface area contributed by atoms with E-state index in [-0.39, 0.29) is 47.5 Å². The van der Waals surface area contributed by atoms with Crippen LogP contribution in [0.4, 0.5) is 14.6 Å². The summed E-state index contributed by atoms with van der Waals surface area (Å²) in [7, 11) is 0. The Morgan fingerprint density at radius 1 is 1.00 bits per heavy atom. The molecule has 42 heavy (non-hydrogen) atoms. The molecule has 5 rings (SSSR count). The highest BCUT2D eigenvalue weighted by atomic mass is 32.2. The quantitative estimate of drug-likeness (QED) is 0.277. The maximum absolute atomic E-state index is 13.9. The van der Waals surface area contributed by atoms with Gasteiger partial charge in [0.05, 0.1) is 22.4 Å². The van der Waals surface area contributed by atoms with Crippen LogP contribution in [-0.2, 0) is 21.5 Å². The Labute approximate surface area is 249 Å². The lowest BCUT2D eigenvalue weighted by Crippen LogP contribution is -2.42. The summed E-state index contributed by atoms with van der Waals surface area (Å²) in [5.41, 5.74) is 5.71. The maximum atomic E-state index is 13.9. The fourth-order valence-electron chi connectivity index (χ4n) is 5.11. The first-order chi connectivity index (χ1) is 19.9. The molecule has 2 amide bonds. The second-order valence-electron chi connectivity index (χ2n) is 11.6. The summed E-state index contributed by atoms with van der Waals surface area (Å²) in [5.74, 6) is -0.608. The Hall–Kier alpha value is -3.98. The molecule has 0 saturated carbocycles. The van der Waals surface area contributed by atoms with Gasteiger partial charge in [-0.1, -0.05) is 57.2 Å². The number of carbonyl (C=O) groups excluding carboxylic acids is 2. The molecule has 2 heterocycles. The summed E-state index contributed by atoms with van der Waals surface area (Å²) in [6.07, 6.45) is 0. The predicted molar refractivity (Wildman–Crippen MR) is 163 cm³/mol. The Morgan fingerprint density at radius 2 is 1.64 bits per heavy atom. The molecule has 4 aromatic rings. The predicted octanol–water partition coefficient (Wildman–Crippen LogP) is 6.55. The SMILES string of the molecule is Cc1cccc(-n2nc(C(C)(C)C)c3c2N(CC(=O)NCc2ccc(F)cc2)C(=O)CS[C@H]3c2ccc(F)cc2)c1C. The van der Waals surface area contributed by atoms with Gasteiger partial charge in [0.2, 0.25) is 11.8 Å². The number of hydrogen-bond donors (Lipinski definition) is 1. The van der Waals surface area contributed by atoms with Crippen molar-refractivity contribution in [2.24, 2.45) is 0 Å². The highest BCUT2D eigenvalue weighted by Crippen LogP contribution is 2.48. The van der Waals surface area contributed by atoms with Gasteiger partial charge in [-0.15, -0.1) is 11.8 Å². The fourth-order valence-corrected chi connectivity index (χ4v) is 6.31. The van der Waals surface area contributed by atoms with Crippen molar-refractivity contribution in [2.45, 2.75) is 51.8 Å². The number of hydrogen-bond acceptors (Lipinski definition) is 4. The van der Waals surface area contributed by atoms with Crippen LogP contribution in [0.5, 0.6) is 0 Å². The van der Waals surface area contributed by atoms with Crippen LogP contribution >= 0.6 is 11.8 Å². The van der Waals surface area contributed by atoms with Gasteiger partial charge in [-0.05, 0) is 66.4 Å². The average Bonchev–Trinajstić information content (AvgIpc) is 3.28. The zero-order chi connectivity index (χ0) is 30.2. The number of benzene rings is 3. The van der Waals surface area contributed by atoms with Crippen LogP contribution in [0.3, 0.4) is 0 Å². The Balaban J connectivity index is 1.66. The monoisotopic (exact) mass is 588 g/mol. The topological polar surface area (TPSA) is 67.2 Å². The van der Waals surface area contributed by atoms with Gasteiger partial charge >= 0.3 is 0 Å². The van der Waals surface area contributed by atoms with E-state index in [1.807, 2.05) is 32.0 Å². The zero-order valence-corrected chi connectivity index (χ0v) is 25.2. The highest BCUT2D eigenvalue weighted by Gasteiger charge is 2.40. The van der Waals surface area contributed by atoms with Gasteiger partial charge in [0, 0.05) is 17.5 Å². The van der Waals surface area contributed by atoms with E-state index >= 15 is 0 Å². The lowest BCUT2D eigenvalue weighted by atomic mass is 9.87. The highest BCUT2D eigenvalue weighted by molar-refractivity contribution is 8.00. The standard InChI is InChI=1S/C33H34F2N4O2S/c1-20-7-6-8-26(21(20)2)39-32-29(31(37-39)33(3,4)5)30(23-11-15-25(35)16-12-23)42-19-28(41)38(32)18-27(40)36-17-22-9-13-24(34)14-10-22/h6-16,30H,17-19H2,1-5H3,(H,36,40)/t30-/m0/s1. The van der Waals surface area contributed by atoms with Crippen molar-refractivity contribution in [3.05, 3.63) is 112 Å². The van der Waals surface area contributed by atoms with Crippen molar-refractivity contribution in [1.29, 1.82) is 0 Å². The number of anilines is 1. The summed E-state index contributed by atoms with van der Waals surface area (Å²) >= 11 is 1.45. The third-order valence-corrected chi connectivity index (χ3v) is 8.74. The first kappa shape index (κ1) is 29.5. The number of thioether (sulfide) groups is 1. The smallest absolute Gasteiger partial charge is 0.240 e. The molecule has 0 unspecified atom stereocenters. The van der Waals surface area contributed by atoms with Crippen molar-refractivity contribution in [2.75, 3.05) is 17.2 Å². The van der Waals surface area contributed by atoms with E-state index in [4.69, 9.17) is 5.10 Å². The van der Waals surface area contributed by atoms with Crippen molar-refractivity contribution in [3.63, 3.8) is 0 Å². The molecule has 1 aromatic heterocycles. The van der Waals surface area contributed by atoms with Gasteiger partial charge in [-0.2, -0.15) is 5.10 Å². The van der Waals surface area contributed by atoms with Gasteiger partial charge in [0.1, 0.15) is 24.0 Å². The molecule has 0 aliphatic carbocycles. The van der Waals surface area contributed by atoms with Gasteiger partial charge in [-0.25, -0.2) is 13.5 Å². The van der Waals surface area contributed by atoms with Crippen LogP contribution in [0.1, 0.15) is 59.5 Å². The van der Waals surface area contributed by atoms with E-state index in [1.165, 1.54) is 40.9 Å². The molecule has 9 heteroatoms. The second kappa shape index (κ2) is 11.7. The van der Waals surface area contributed by atoms with Crippen LogP contribution in [-0.4, -0.2) is 33.9 Å². The molecule has 3 aromatic carbocycles. The fraction of sp³-hybridized carbons (Fsp3) is 0.303. The average molecular weight is 589 g/mol. The number of carbonyl (C=O) groups is 2. The van der Waals surface area contributed by atoms with Crippen LogP contribution < -0.4 is 10.2 Å². The van der Waals surface area contributed by atoms with Crippen molar-refractivity contribution in [3.8, 4) is 5.69 Å². The lowest BCUT2D eigenvalue weighted by Gasteiger charge is -2.25. The van der Waals surface area contributed by atoms with E-state index in [0.717, 1.165) is 39.2 Å². The van der Waals surface area contributed by atoms with Crippen molar-refractivity contribution in [1.82, 2.24) is 15.1 Å². The van der Waals surface area contributed by atoms with Crippen molar-refractivity contribution < 1.29 is 18.4 Å². The van der Waals surface area contributed by atoms with E-state index in [0.29, 0.717) is 5.82 Å². The number of nitrogens with zero attached hydrogens (tertiary/aromatic N) is 3. The number of halogens is 2. The minimum Gasteiger partial charge on any atom is -0.350 e. The number of fused-ring (bicyclic) bond motifs is 1.